The molecule has 3 rings (SSSR count). The molecule has 0 radical (unpaired) electrons. The van der Waals surface area contributed by atoms with Crippen LogP contribution in [0.5, 0.6) is 5.75 Å². The number of nitrogens with one attached hydrogen (secondary N) is 1. The maximum Gasteiger partial charge on any atom is 0.234 e. The normalized spacial score (nSPS) is 17.7. The van der Waals surface area contributed by atoms with Crippen LogP contribution < -0.4 is 10.1 Å². The third kappa shape index (κ3) is 5.80. The van der Waals surface area contributed by atoms with Crippen molar-refractivity contribution in [3.05, 3.63) is 65.5 Å². The lowest BCUT2D eigenvalue weighted by atomic mass is 10.0. The van der Waals surface area contributed by atoms with Gasteiger partial charge in [-0.2, -0.15) is 0 Å². The predicted molar refractivity (Wildman–Crippen MR) is 109 cm³/mol. The van der Waals surface area contributed by atoms with E-state index in [1.165, 1.54) is 30.5 Å². The van der Waals surface area contributed by atoms with Crippen LogP contribution in [0, 0.1) is 5.82 Å². The molecule has 1 atom stereocenters. The number of likely N-dealkylation sites (tertiary alicyclic amines) is 1. The van der Waals surface area contributed by atoms with Crippen LogP contribution in [0.2, 0.25) is 0 Å². The van der Waals surface area contributed by atoms with Crippen molar-refractivity contribution in [3.8, 4) is 5.75 Å². The van der Waals surface area contributed by atoms with E-state index >= 15 is 0 Å². The molecule has 1 aliphatic heterocycles. The van der Waals surface area contributed by atoms with Crippen LogP contribution in [0.15, 0.2) is 48.5 Å². The molecule has 1 fully saturated rings. The summed E-state index contributed by atoms with van der Waals surface area (Å²) in [4.78, 5) is 14.8. The molecule has 1 heterocycles. The molecular formula is C23H29FN2O2. The lowest BCUT2D eigenvalue weighted by molar-refractivity contribution is -0.122. The van der Waals surface area contributed by atoms with Crippen molar-refractivity contribution in [2.75, 3.05) is 26.7 Å². The van der Waals surface area contributed by atoms with Crippen molar-refractivity contribution >= 4 is 5.91 Å². The van der Waals surface area contributed by atoms with Crippen LogP contribution in [0.25, 0.3) is 0 Å². The molecule has 28 heavy (non-hydrogen) atoms. The highest BCUT2D eigenvalue weighted by Crippen LogP contribution is 2.30. The van der Waals surface area contributed by atoms with Gasteiger partial charge in [-0.05, 0) is 61.2 Å². The van der Waals surface area contributed by atoms with Gasteiger partial charge in [-0.1, -0.05) is 37.1 Å². The predicted octanol–water partition coefficient (Wildman–Crippen LogP) is 4.11. The molecule has 1 N–H and O–H groups in total. The number of carbonyl (C=O) groups is 1. The summed E-state index contributed by atoms with van der Waals surface area (Å²) in [5.74, 6) is 0.656. The van der Waals surface area contributed by atoms with Crippen molar-refractivity contribution < 1.29 is 13.9 Å². The minimum atomic E-state index is -0.237. The van der Waals surface area contributed by atoms with E-state index < -0.39 is 0 Å². The SMILES string of the molecule is COc1ccc(C2CCCCCN2CC(=O)NCCc2ccc(F)cc2)cc1. The van der Waals surface area contributed by atoms with Crippen LogP contribution in [-0.4, -0.2) is 37.6 Å². The minimum Gasteiger partial charge on any atom is -0.497 e. The fourth-order valence-corrected chi connectivity index (χ4v) is 3.80. The van der Waals surface area contributed by atoms with Gasteiger partial charge < -0.3 is 10.1 Å². The zero-order valence-electron chi connectivity index (χ0n) is 16.5. The Morgan fingerprint density at radius 1 is 1.11 bits per heavy atom. The van der Waals surface area contributed by atoms with E-state index in [4.69, 9.17) is 4.74 Å². The van der Waals surface area contributed by atoms with Crippen molar-refractivity contribution in [1.82, 2.24) is 10.2 Å². The van der Waals surface area contributed by atoms with Gasteiger partial charge in [-0.25, -0.2) is 4.39 Å². The Hall–Kier alpha value is -2.40. The number of halogens is 1. The van der Waals surface area contributed by atoms with Gasteiger partial charge in [0, 0.05) is 12.6 Å². The number of methoxy groups -OCH3 is 1. The Morgan fingerprint density at radius 3 is 2.57 bits per heavy atom. The molecule has 0 aromatic heterocycles. The van der Waals surface area contributed by atoms with Gasteiger partial charge in [0.05, 0.1) is 13.7 Å². The Morgan fingerprint density at radius 2 is 1.86 bits per heavy atom. The van der Waals surface area contributed by atoms with E-state index in [0.29, 0.717) is 19.5 Å². The number of carbonyl (C=O) groups excluding carboxylic acids is 1. The highest BCUT2D eigenvalue weighted by atomic mass is 19.1. The van der Waals surface area contributed by atoms with Crippen LogP contribution in [-0.2, 0) is 11.2 Å². The van der Waals surface area contributed by atoms with E-state index in [0.717, 1.165) is 30.7 Å². The minimum absolute atomic E-state index is 0.0440. The average Bonchev–Trinajstić information content (AvgIpc) is 2.95. The van der Waals surface area contributed by atoms with Crippen LogP contribution in [0.4, 0.5) is 4.39 Å². The second-order valence-corrected chi connectivity index (χ2v) is 7.34. The smallest absolute Gasteiger partial charge is 0.234 e. The highest BCUT2D eigenvalue weighted by molar-refractivity contribution is 5.78. The van der Waals surface area contributed by atoms with E-state index in [1.807, 2.05) is 12.1 Å². The number of rotatable bonds is 7. The summed E-state index contributed by atoms with van der Waals surface area (Å²) in [6, 6.07) is 14.9. The summed E-state index contributed by atoms with van der Waals surface area (Å²) < 4.78 is 18.2. The maximum absolute atomic E-state index is 13.0. The third-order valence-corrected chi connectivity index (χ3v) is 5.36. The zero-order valence-corrected chi connectivity index (χ0v) is 16.5. The van der Waals surface area contributed by atoms with E-state index in [2.05, 4.69) is 22.3 Å². The second kappa shape index (κ2) is 10.2. The molecule has 1 unspecified atom stereocenters. The Kier molecular flexibility index (Phi) is 7.43. The quantitative estimate of drug-likeness (QED) is 0.781. The Balaban J connectivity index is 1.55. The van der Waals surface area contributed by atoms with E-state index in [-0.39, 0.29) is 17.8 Å². The van der Waals surface area contributed by atoms with Gasteiger partial charge in [-0.15, -0.1) is 0 Å². The molecule has 0 bridgehead atoms. The molecule has 0 spiro atoms. The third-order valence-electron chi connectivity index (χ3n) is 5.36. The van der Waals surface area contributed by atoms with Crippen LogP contribution >= 0.6 is 0 Å². The topological polar surface area (TPSA) is 41.6 Å². The van der Waals surface area contributed by atoms with Crippen LogP contribution in [0.1, 0.15) is 42.9 Å². The lowest BCUT2D eigenvalue weighted by Gasteiger charge is -2.29. The Bertz CT molecular complexity index is 746. The Labute approximate surface area is 166 Å². The fourth-order valence-electron chi connectivity index (χ4n) is 3.80. The summed E-state index contributed by atoms with van der Waals surface area (Å²) in [6.45, 7) is 1.90. The van der Waals surface area contributed by atoms with Crippen molar-refractivity contribution in [3.63, 3.8) is 0 Å². The van der Waals surface area contributed by atoms with E-state index in [1.54, 1.807) is 19.2 Å². The van der Waals surface area contributed by atoms with Gasteiger partial charge >= 0.3 is 0 Å². The molecule has 1 saturated heterocycles. The van der Waals surface area contributed by atoms with Gasteiger partial charge in [0.25, 0.3) is 0 Å². The van der Waals surface area contributed by atoms with Crippen LogP contribution in [0.3, 0.4) is 0 Å². The van der Waals surface area contributed by atoms with Crippen molar-refractivity contribution in [2.24, 2.45) is 0 Å². The molecule has 2 aromatic rings. The first-order valence-corrected chi connectivity index (χ1v) is 10.0. The van der Waals surface area contributed by atoms with Crippen molar-refractivity contribution in [1.29, 1.82) is 0 Å². The van der Waals surface area contributed by atoms with Gasteiger partial charge in [0.15, 0.2) is 0 Å². The van der Waals surface area contributed by atoms with Crippen molar-refractivity contribution in [2.45, 2.75) is 38.1 Å². The number of hydrogen-bond acceptors (Lipinski definition) is 3. The van der Waals surface area contributed by atoms with Gasteiger partial charge in [0.1, 0.15) is 11.6 Å². The number of hydrogen-bond donors (Lipinski definition) is 1. The molecule has 150 valence electrons. The molecule has 2 aromatic carbocycles. The van der Waals surface area contributed by atoms with Gasteiger partial charge in [0.2, 0.25) is 5.91 Å². The maximum atomic E-state index is 13.0. The van der Waals surface area contributed by atoms with E-state index in [9.17, 15) is 9.18 Å². The first-order valence-electron chi connectivity index (χ1n) is 10.0. The molecule has 1 amide bonds. The first-order chi connectivity index (χ1) is 13.7. The number of nitrogens with zero attached hydrogens (tertiary/aromatic N) is 1. The summed E-state index contributed by atoms with van der Waals surface area (Å²) in [5, 5.41) is 3.01. The largest absolute Gasteiger partial charge is 0.497 e. The molecule has 1 aliphatic rings. The monoisotopic (exact) mass is 384 g/mol. The second-order valence-electron chi connectivity index (χ2n) is 7.34. The molecule has 0 saturated carbocycles. The summed E-state index contributed by atoms with van der Waals surface area (Å²) in [5.41, 5.74) is 2.26. The lowest BCUT2D eigenvalue weighted by Crippen LogP contribution is -2.39. The number of ether oxygens (including phenoxy) is 1. The first kappa shape index (κ1) is 20.3. The summed E-state index contributed by atoms with van der Waals surface area (Å²) in [6.07, 6.45) is 5.27. The summed E-state index contributed by atoms with van der Waals surface area (Å²) in [7, 11) is 1.67. The van der Waals surface area contributed by atoms with Gasteiger partial charge in [-0.3, -0.25) is 9.69 Å². The molecule has 4 nitrogen and oxygen atoms in total. The molecule has 5 heteroatoms. The number of amides is 1. The highest BCUT2D eigenvalue weighted by Gasteiger charge is 2.24. The fraction of sp³-hybridized carbons (Fsp3) is 0.435. The molecular weight excluding hydrogens is 355 g/mol. The molecule has 0 aliphatic carbocycles. The zero-order chi connectivity index (χ0) is 19.8. The summed E-state index contributed by atoms with van der Waals surface area (Å²) >= 11 is 0. The average molecular weight is 384 g/mol. The standard InChI is InChI=1S/C23H29FN2O2/c1-28-21-12-8-19(9-13-21)22-5-3-2-4-16-26(22)17-23(27)25-15-14-18-6-10-20(24)11-7-18/h6-13,22H,2-5,14-17H2,1H3,(H,25,27). The number of benzene rings is 2.